The number of nitrogens with one attached hydrogen (secondary N) is 1. The smallest absolute Gasteiger partial charge is 0.269 e. The molecule has 4 nitrogen and oxygen atoms in total. The zero-order chi connectivity index (χ0) is 14.8. The van der Waals surface area contributed by atoms with E-state index in [1.54, 1.807) is 19.1 Å². The molecule has 1 amide bonds. The van der Waals surface area contributed by atoms with E-state index < -0.39 is 12.2 Å². The molecule has 0 spiro atoms. The van der Waals surface area contributed by atoms with E-state index in [1.165, 1.54) is 24.3 Å². The zero-order valence-electron chi connectivity index (χ0n) is 11.4. The highest BCUT2D eigenvalue weighted by molar-refractivity contribution is 5.95. The Bertz CT molecular complexity index is 657. The number of fused-ring (bicyclic) bond motifs is 1. The van der Waals surface area contributed by atoms with Crippen molar-refractivity contribution in [1.82, 2.24) is 0 Å². The highest BCUT2D eigenvalue weighted by Gasteiger charge is 2.34. The van der Waals surface area contributed by atoms with Crippen LogP contribution in [0.2, 0.25) is 0 Å². The average Bonchev–Trinajstić information content (AvgIpc) is 2.49. The molecule has 108 valence electrons. The van der Waals surface area contributed by atoms with Gasteiger partial charge >= 0.3 is 0 Å². The molecule has 0 radical (unpaired) electrons. The maximum atomic E-state index is 12.8. The number of rotatable bonds is 2. The Morgan fingerprint density at radius 3 is 2.33 bits per heavy atom. The molecule has 1 heterocycles. The van der Waals surface area contributed by atoms with E-state index in [2.05, 4.69) is 5.32 Å². The van der Waals surface area contributed by atoms with Crippen LogP contribution in [0, 0.1) is 5.82 Å². The summed E-state index contributed by atoms with van der Waals surface area (Å²) >= 11 is 0. The molecule has 0 saturated heterocycles. The maximum absolute atomic E-state index is 12.8. The Morgan fingerprint density at radius 2 is 1.67 bits per heavy atom. The van der Waals surface area contributed by atoms with Gasteiger partial charge in [-0.25, -0.2) is 4.39 Å². The third-order valence-corrected chi connectivity index (χ3v) is 3.21. The summed E-state index contributed by atoms with van der Waals surface area (Å²) in [6.07, 6.45) is -1.18. The number of halogens is 1. The minimum Gasteiger partial charge on any atom is -0.482 e. The number of benzene rings is 2. The first-order valence-corrected chi connectivity index (χ1v) is 6.62. The topological polar surface area (TPSA) is 47.6 Å². The van der Waals surface area contributed by atoms with Crippen LogP contribution in [0.5, 0.6) is 11.5 Å². The lowest BCUT2D eigenvalue weighted by atomic mass is 10.1. The lowest BCUT2D eigenvalue weighted by molar-refractivity contribution is -0.128. The van der Waals surface area contributed by atoms with Crippen LogP contribution in [0.3, 0.4) is 0 Å². The fourth-order valence-electron chi connectivity index (χ4n) is 2.15. The number of anilines is 1. The number of carbonyl (C=O) groups is 1. The second-order valence-corrected chi connectivity index (χ2v) is 4.80. The van der Waals surface area contributed by atoms with Gasteiger partial charge in [0.05, 0.1) is 0 Å². The van der Waals surface area contributed by atoms with Gasteiger partial charge in [-0.3, -0.25) is 4.79 Å². The van der Waals surface area contributed by atoms with E-state index in [4.69, 9.17) is 9.47 Å². The van der Waals surface area contributed by atoms with Crippen LogP contribution < -0.4 is 14.8 Å². The van der Waals surface area contributed by atoms with Gasteiger partial charge in [-0.05, 0) is 43.3 Å². The molecule has 0 fully saturated rings. The van der Waals surface area contributed by atoms with Crippen molar-refractivity contribution in [2.75, 3.05) is 5.32 Å². The third-order valence-electron chi connectivity index (χ3n) is 3.21. The van der Waals surface area contributed by atoms with Crippen LogP contribution >= 0.6 is 0 Å². The first kappa shape index (κ1) is 13.4. The van der Waals surface area contributed by atoms with Gasteiger partial charge in [0, 0.05) is 5.69 Å². The Balaban J connectivity index is 1.74. The predicted molar refractivity (Wildman–Crippen MR) is 76.0 cm³/mol. The summed E-state index contributed by atoms with van der Waals surface area (Å²) < 4.78 is 24.2. The summed E-state index contributed by atoms with van der Waals surface area (Å²) in [5.41, 5.74) is 0.510. The molecule has 2 atom stereocenters. The van der Waals surface area contributed by atoms with Crippen LogP contribution in [0.15, 0.2) is 48.5 Å². The first-order valence-electron chi connectivity index (χ1n) is 6.62. The standard InChI is InChI=1S/C16H14FNO3/c1-10-15(21-14-5-3-2-4-13(14)20-10)16(19)18-12-8-6-11(17)7-9-12/h2-10,15H,1H3,(H,18,19)/t10-,15+/m1/s1. The van der Waals surface area contributed by atoms with Gasteiger partial charge < -0.3 is 14.8 Å². The van der Waals surface area contributed by atoms with Crippen LogP contribution in [0.4, 0.5) is 10.1 Å². The highest BCUT2D eigenvalue weighted by atomic mass is 19.1. The molecule has 0 saturated carbocycles. The molecular formula is C16H14FNO3. The lowest BCUT2D eigenvalue weighted by Gasteiger charge is -2.31. The molecule has 1 aliphatic rings. The molecular weight excluding hydrogens is 273 g/mol. The molecule has 21 heavy (non-hydrogen) atoms. The van der Waals surface area contributed by atoms with Gasteiger partial charge in [-0.1, -0.05) is 12.1 Å². The van der Waals surface area contributed by atoms with Gasteiger partial charge in [-0.2, -0.15) is 0 Å². The fraction of sp³-hybridized carbons (Fsp3) is 0.188. The molecule has 2 aromatic rings. The van der Waals surface area contributed by atoms with E-state index in [9.17, 15) is 9.18 Å². The maximum Gasteiger partial charge on any atom is 0.269 e. The Hall–Kier alpha value is -2.56. The van der Waals surface area contributed by atoms with Crippen molar-refractivity contribution in [3.8, 4) is 11.5 Å². The fourth-order valence-corrected chi connectivity index (χ4v) is 2.15. The molecule has 2 aromatic carbocycles. The minimum atomic E-state index is -0.759. The van der Waals surface area contributed by atoms with Crippen molar-refractivity contribution in [3.05, 3.63) is 54.3 Å². The van der Waals surface area contributed by atoms with E-state index >= 15 is 0 Å². The zero-order valence-corrected chi connectivity index (χ0v) is 11.4. The molecule has 0 bridgehead atoms. The molecule has 1 aliphatic heterocycles. The van der Waals surface area contributed by atoms with E-state index in [-0.39, 0.29) is 11.7 Å². The second kappa shape index (κ2) is 5.44. The van der Waals surface area contributed by atoms with Crippen LogP contribution in [-0.4, -0.2) is 18.1 Å². The largest absolute Gasteiger partial charge is 0.482 e. The number of hydrogen-bond acceptors (Lipinski definition) is 3. The van der Waals surface area contributed by atoms with E-state index in [0.29, 0.717) is 17.2 Å². The van der Waals surface area contributed by atoms with Crippen LogP contribution in [0.1, 0.15) is 6.92 Å². The number of amides is 1. The van der Waals surface area contributed by atoms with E-state index in [1.807, 2.05) is 12.1 Å². The van der Waals surface area contributed by atoms with Gasteiger partial charge in [0.25, 0.3) is 5.91 Å². The monoisotopic (exact) mass is 287 g/mol. The van der Waals surface area contributed by atoms with Crippen molar-refractivity contribution in [2.24, 2.45) is 0 Å². The van der Waals surface area contributed by atoms with Crippen molar-refractivity contribution in [1.29, 1.82) is 0 Å². The summed E-state index contributed by atoms with van der Waals surface area (Å²) in [7, 11) is 0. The van der Waals surface area contributed by atoms with Gasteiger partial charge in [-0.15, -0.1) is 0 Å². The average molecular weight is 287 g/mol. The van der Waals surface area contributed by atoms with Crippen molar-refractivity contribution in [3.63, 3.8) is 0 Å². The van der Waals surface area contributed by atoms with Gasteiger partial charge in [0.15, 0.2) is 11.5 Å². The summed E-state index contributed by atoms with van der Waals surface area (Å²) in [5, 5.41) is 2.69. The van der Waals surface area contributed by atoms with Gasteiger partial charge in [0.2, 0.25) is 6.10 Å². The summed E-state index contributed by atoms with van der Waals surface area (Å²) in [5.74, 6) is 0.474. The number of ether oxygens (including phenoxy) is 2. The van der Waals surface area contributed by atoms with Crippen molar-refractivity contribution < 1.29 is 18.7 Å². The quantitative estimate of drug-likeness (QED) is 0.923. The highest BCUT2D eigenvalue weighted by Crippen LogP contribution is 2.33. The summed E-state index contributed by atoms with van der Waals surface area (Å²) in [6.45, 7) is 1.77. The van der Waals surface area contributed by atoms with Gasteiger partial charge in [0.1, 0.15) is 11.9 Å². The predicted octanol–water partition coefficient (Wildman–Crippen LogP) is 2.99. The van der Waals surface area contributed by atoms with Crippen LogP contribution in [-0.2, 0) is 4.79 Å². The van der Waals surface area contributed by atoms with Crippen LogP contribution in [0.25, 0.3) is 0 Å². The summed E-state index contributed by atoms with van der Waals surface area (Å²) in [4.78, 5) is 12.3. The normalized spacial score (nSPS) is 19.9. The molecule has 0 unspecified atom stereocenters. The first-order chi connectivity index (χ1) is 10.1. The van der Waals surface area contributed by atoms with Crippen molar-refractivity contribution in [2.45, 2.75) is 19.1 Å². The Kier molecular flexibility index (Phi) is 3.48. The lowest BCUT2D eigenvalue weighted by Crippen LogP contribution is -2.46. The van der Waals surface area contributed by atoms with E-state index in [0.717, 1.165) is 0 Å². The SMILES string of the molecule is C[C@H]1Oc2ccccc2O[C@@H]1C(=O)Nc1ccc(F)cc1. The third kappa shape index (κ3) is 2.81. The number of carbonyl (C=O) groups excluding carboxylic acids is 1. The number of para-hydroxylation sites is 2. The molecule has 0 aliphatic carbocycles. The Labute approximate surface area is 121 Å². The minimum absolute atomic E-state index is 0.330. The van der Waals surface area contributed by atoms with Crippen molar-refractivity contribution >= 4 is 11.6 Å². The number of hydrogen-bond donors (Lipinski definition) is 1. The molecule has 5 heteroatoms. The molecule has 1 N–H and O–H groups in total. The Morgan fingerprint density at radius 1 is 1.05 bits per heavy atom. The second-order valence-electron chi connectivity index (χ2n) is 4.80. The molecule has 0 aromatic heterocycles. The molecule has 3 rings (SSSR count). The summed E-state index contributed by atoms with van der Waals surface area (Å²) in [6, 6.07) is 12.8.